The summed E-state index contributed by atoms with van der Waals surface area (Å²) in [4.78, 5) is 5.07. The maximum atomic E-state index is 8.78. The van der Waals surface area contributed by atoms with Crippen molar-refractivity contribution in [3.05, 3.63) is 23.5 Å². The fraction of sp³-hybridized carbons (Fsp3) is 0.400. The summed E-state index contributed by atoms with van der Waals surface area (Å²) < 4.78 is 0. The fourth-order valence-corrected chi connectivity index (χ4v) is 1.88. The third-order valence-corrected chi connectivity index (χ3v) is 2.79. The second kappa shape index (κ2) is 4.88. The first-order valence-electron chi connectivity index (χ1n) is 4.27. The molecule has 1 heterocycles. The highest BCUT2D eigenvalue weighted by molar-refractivity contribution is 7.99. The Morgan fingerprint density at radius 1 is 1.62 bits per heavy atom. The lowest BCUT2D eigenvalue weighted by Gasteiger charge is -2.02. The van der Waals surface area contributed by atoms with Crippen LogP contribution in [0.5, 0.6) is 0 Å². The zero-order valence-electron chi connectivity index (χ0n) is 7.87. The van der Waals surface area contributed by atoms with Crippen LogP contribution in [0.3, 0.4) is 0 Å². The van der Waals surface area contributed by atoms with Crippen molar-refractivity contribution in [2.75, 3.05) is 5.75 Å². The van der Waals surface area contributed by atoms with Gasteiger partial charge in [-0.3, -0.25) is 0 Å². The van der Waals surface area contributed by atoms with Crippen LogP contribution in [0.25, 0.3) is 0 Å². The van der Waals surface area contributed by atoms with Crippen molar-refractivity contribution in [2.24, 2.45) is 0 Å². The molecule has 68 valence electrons. The minimum atomic E-state index is 0.545. The van der Waals surface area contributed by atoms with Gasteiger partial charge in [0.05, 0.1) is 0 Å². The lowest BCUT2D eigenvalue weighted by Crippen LogP contribution is -1.89. The van der Waals surface area contributed by atoms with E-state index in [1.807, 2.05) is 13.0 Å². The van der Waals surface area contributed by atoms with E-state index in [9.17, 15) is 0 Å². The monoisotopic (exact) mass is 192 g/mol. The maximum Gasteiger partial charge on any atom is 0.153 e. The highest BCUT2D eigenvalue weighted by atomic mass is 32.2. The van der Waals surface area contributed by atoms with Crippen LogP contribution in [0.15, 0.2) is 17.2 Å². The topological polar surface area (TPSA) is 36.7 Å². The molecule has 0 unspecified atom stereocenters. The number of hydrogen-bond acceptors (Lipinski definition) is 3. The van der Waals surface area contributed by atoms with E-state index in [1.165, 1.54) is 0 Å². The number of aromatic nitrogens is 1. The molecule has 0 amide bonds. The van der Waals surface area contributed by atoms with Crippen molar-refractivity contribution < 1.29 is 0 Å². The summed E-state index contributed by atoms with van der Waals surface area (Å²) in [5.74, 6) is 1.04. The van der Waals surface area contributed by atoms with Crippen LogP contribution in [0.2, 0.25) is 0 Å². The molecule has 0 aliphatic heterocycles. The zero-order valence-corrected chi connectivity index (χ0v) is 8.69. The van der Waals surface area contributed by atoms with Crippen molar-refractivity contribution in [2.45, 2.75) is 25.2 Å². The van der Waals surface area contributed by atoms with Gasteiger partial charge >= 0.3 is 0 Å². The van der Waals surface area contributed by atoms with Crippen LogP contribution < -0.4 is 0 Å². The molecule has 0 aromatic carbocycles. The molecule has 13 heavy (non-hydrogen) atoms. The van der Waals surface area contributed by atoms with E-state index < -0.39 is 0 Å². The molecule has 0 radical (unpaired) electrons. The molecule has 0 fully saturated rings. The minimum Gasteiger partial charge on any atom is -0.244 e. The number of aryl methyl sites for hydroxylation is 1. The smallest absolute Gasteiger partial charge is 0.153 e. The molecule has 0 saturated carbocycles. The molecule has 3 heteroatoms. The van der Waals surface area contributed by atoms with Crippen molar-refractivity contribution in [3.8, 4) is 6.07 Å². The summed E-state index contributed by atoms with van der Waals surface area (Å²) >= 11 is 1.70. The first kappa shape index (κ1) is 10.1. The van der Waals surface area contributed by atoms with Gasteiger partial charge in [0.2, 0.25) is 0 Å². The Kier molecular flexibility index (Phi) is 3.78. The average molecular weight is 192 g/mol. The van der Waals surface area contributed by atoms with Crippen molar-refractivity contribution in [1.29, 1.82) is 5.26 Å². The Balaban J connectivity index is 2.89. The predicted octanol–water partition coefficient (Wildman–Crippen LogP) is 2.76. The Morgan fingerprint density at radius 2 is 2.38 bits per heavy atom. The molecule has 0 N–H and O–H groups in total. The predicted molar refractivity (Wildman–Crippen MR) is 54.7 cm³/mol. The van der Waals surface area contributed by atoms with E-state index in [-0.39, 0.29) is 0 Å². The number of hydrogen-bond donors (Lipinski definition) is 0. The van der Waals surface area contributed by atoms with E-state index in [4.69, 9.17) is 5.26 Å². The Bertz CT molecular complexity index is 328. The number of thioether (sulfide) groups is 1. The first-order valence-corrected chi connectivity index (χ1v) is 5.26. The third kappa shape index (κ3) is 2.74. The summed E-state index contributed by atoms with van der Waals surface area (Å²) in [5.41, 5.74) is 1.65. The Labute approximate surface area is 83.0 Å². The van der Waals surface area contributed by atoms with Gasteiger partial charge in [-0.15, -0.1) is 11.8 Å². The van der Waals surface area contributed by atoms with Crippen LogP contribution >= 0.6 is 11.8 Å². The molecule has 0 atom stereocenters. The van der Waals surface area contributed by atoms with E-state index in [2.05, 4.69) is 18.0 Å². The van der Waals surface area contributed by atoms with Crippen LogP contribution in [0.4, 0.5) is 0 Å². The zero-order chi connectivity index (χ0) is 9.68. The third-order valence-electron chi connectivity index (χ3n) is 1.56. The summed E-state index contributed by atoms with van der Waals surface area (Å²) in [6, 6.07) is 4.12. The SMILES string of the molecule is CCCSc1cc(C)cnc1C#N. The first-order chi connectivity index (χ1) is 6.27. The lowest BCUT2D eigenvalue weighted by atomic mass is 10.3. The van der Waals surface area contributed by atoms with Crippen molar-refractivity contribution in [1.82, 2.24) is 4.98 Å². The molecule has 1 aromatic rings. The highest BCUT2D eigenvalue weighted by Gasteiger charge is 2.03. The van der Waals surface area contributed by atoms with Gasteiger partial charge in [0.1, 0.15) is 6.07 Å². The molecule has 0 bridgehead atoms. The van der Waals surface area contributed by atoms with Gasteiger partial charge in [-0.2, -0.15) is 5.26 Å². The van der Waals surface area contributed by atoms with Crippen molar-refractivity contribution >= 4 is 11.8 Å². The number of rotatable bonds is 3. The van der Waals surface area contributed by atoms with Gasteiger partial charge in [0.25, 0.3) is 0 Å². The fourth-order valence-electron chi connectivity index (χ4n) is 0.948. The molecule has 1 rings (SSSR count). The van der Waals surface area contributed by atoms with Gasteiger partial charge in [-0.1, -0.05) is 6.92 Å². The Hall–Kier alpha value is -1.01. The van der Waals surface area contributed by atoms with Gasteiger partial charge in [0, 0.05) is 11.1 Å². The van der Waals surface area contributed by atoms with Gasteiger partial charge in [0.15, 0.2) is 5.69 Å². The molecule has 0 spiro atoms. The number of pyridine rings is 1. The van der Waals surface area contributed by atoms with Crippen LogP contribution in [-0.4, -0.2) is 10.7 Å². The van der Waals surface area contributed by atoms with Crippen LogP contribution in [-0.2, 0) is 0 Å². The number of nitriles is 1. The summed E-state index contributed by atoms with van der Waals surface area (Å²) in [7, 11) is 0. The molecule has 0 saturated heterocycles. The average Bonchev–Trinajstić information content (AvgIpc) is 2.15. The standard InChI is InChI=1S/C10H12N2S/c1-3-4-13-10-5-8(2)7-12-9(10)6-11/h5,7H,3-4H2,1-2H3. The molecule has 1 aromatic heterocycles. The second-order valence-corrected chi connectivity index (χ2v) is 3.96. The van der Waals surface area contributed by atoms with Crippen LogP contribution in [0, 0.1) is 18.3 Å². The van der Waals surface area contributed by atoms with Crippen molar-refractivity contribution in [3.63, 3.8) is 0 Å². The van der Waals surface area contributed by atoms with Gasteiger partial charge in [-0.25, -0.2) is 4.98 Å². The van der Waals surface area contributed by atoms with E-state index in [0.29, 0.717) is 5.69 Å². The van der Waals surface area contributed by atoms with E-state index >= 15 is 0 Å². The quantitative estimate of drug-likeness (QED) is 0.691. The lowest BCUT2D eigenvalue weighted by molar-refractivity contribution is 1.09. The molecule has 2 nitrogen and oxygen atoms in total. The van der Waals surface area contributed by atoms with E-state index in [0.717, 1.165) is 22.6 Å². The molecular formula is C10H12N2S. The van der Waals surface area contributed by atoms with E-state index in [1.54, 1.807) is 18.0 Å². The second-order valence-electron chi connectivity index (χ2n) is 2.82. The van der Waals surface area contributed by atoms with Crippen LogP contribution in [0.1, 0.15) is 24.6 Å². The maximum absolute atomic E-state index is 8.78. The van der Waals surface area contributed by atoms with Gasteiger partial charge < -0.3 is 0 Å². The minimum absolute atomic E-state index is 0.545. The summed E-state index contributed by atoms with van der Waals surface area (Å²) in [6.07, 6.45) is 2.85. The van der Waals surface area contributed by atoms with Gasteiger partial charge in [-0.05, 0) is 30.7 Å². The molecule has 0 aliphatic rings. The summed E-state index contributed by atoms with van der Waals surface area (Å²) in [6.45, 7) is 4.12. The molecule has 0 aliphatic carbocycles. The number of nitrogens with zero attached hydrogens (tertiary/aromatic N) is 2. The molecular weight excluding hydrogens is 180 g/mol. The Morgan fingerprint density at radius 3 is 3.00 bits per heavy atom. The largest absolute Gasteiger partial charge is 0.244 e. The summed E-state index contributed by atoms with van der Waals surface area (Å²) in [5, 5.41) is 8.78. The highest BCUT2D eigenvalue weighted by Crippen LogP contribution is 2.22. The normalized spacial score (nSPS) is 9.62.